The molecule has 0 aliphatic heterocycles. The molecule has 1 amide bonds. The van der Waals surface area contributed by atoms with Crippen molar-refractivity contribution >= 4 is 35.2 Å². The third-order valence-corrected chi connectivity index (χ3v) is 3.63. The van der Waals surface area contributed by atoms with Crippen LogP contribution in [-0.4, -0.2) is 13.0 Å². The van der Waals surface area contributed by atoms with E-state index in [4.69, 9.17) is 38.4 Å². The van der Waals surface area contributed by atoms with Crippen LogP contribution >= 0.6 is 23.2 Å². The highest BCUT2D eigenvalue weighted by molar-refractivity contribution is 6.37. The molecule has 0 saturated heterocycles. The molecule has 0 aromatic heterocycles. The molecule has 0 aliphatic carbocycles. The number of amides is 1. The Morgan fingerprint density at radius 2 is 1.91 bits per heavy atom. The molecule has 2 aromatic carbocycles. The number of ether oxygens (including phenoxy) is 2. The molecule has 0 heterocycles. The summed E-state index contributed by atoms with van der Waals surface area (Å²) >= 11 is 12.2. The van der Waals surface area contributed by atoms with Crippen molar-refractivity contribution in [1.29, 1.82) is 0 Å². The molecule has 0 unspecified atom stereocenters. The van der Waals surface area contributed by atoms with Gasteiger partial charge in [-0.25, -0.2) is 0 Å². The fourth-order valence-electron chi connectivity index (χ4n) is 1.96. The van der Waals surface area contributed by atoms with Crippen molar-refractivity contribution in [3.63, 3.8) is 0 Å². The van der Waals surface area contributed by atoms with Crippen LogP contribution in [-0.2, 0) is 11.4 Å². The molecule has 0 atom stereocenters. The van der Waals surface area contributed by atoms with Gasteiger partial charge in [-0.15, -0.1) is 0 Å². The molecule has 0 saturated carbocycles. The molecule has 0 radical (unpaired) electrons. The second-order valence-electron chi connectivity index (χ2n) is 4.65. The van der Waals surface area contributed by atoms with Crippen molar-refractivity contribution in [3.05, 3.63) is 63.6 Å². The van der Waals surface area contributed by atoms with E-state index >= 15 is 0 Å². The average Bonchev–Trinajstić information content (AvgIpc) is 2.52. The molecular formula is C17H15Cl2NO3. The van der Waals surface area contributed by atoms with Crippen LogP contribution in [0.2, 0.25) is 10.0 Å². The Hall–Kier alpha value is -2.17. The van der Waals surface area contributed by atoms with Crippen molar-refractivity contribution < 1.29 is 14.3 Å². The second-order valence-corrected chi connectivity index (χ2v) is 5.46. The van der Waals surface area contributed by atoms with Crippen molar-refractivity contribution in [2.45, 2.75) is 6.61 Å². The van der Waals surface area contributed by atoms with Crippen molar-refractivity contribution in [1.82, 2.24) is 0 Å². The first-order valence-electron chi connectivity index (χ1n) is 6.72. The zero-order valence-corrected chi connectivity index (χ0v) is 13.9. The fourth-order valence-corrected chi connectivity index (χ4v) is 2.47. The summed E-state index contributed by atoms with van der Waals surface area (Å²) in [5.41, 5.74) is 6.68. The van der Waals surface area contributed by atoms with Gasteiger partial charge >= 0.3 is 0 Å². The van der Waals surface area contributed by atoms with Gasteiger partial charge in [-0.2, -0.15) is 0 Å². The van der Waals surface area contributed by atoms with Gasteiger partial charge in [0.1, 0.15) is 12.4 Å². The van der Waals surface area contributed by atoms with Gasteiger partial charge in [0.15, 0.2) is 5.75 Å². The number of primary amides is 1. The summed E-state index contributed by atoms with van der Waals surface area (Å²) in [6, 6.07) is 10.6. The Labute approximate surface area is 144 Å². The van der Waals surface area contributed by atoms with Gasteiger partial charge in [0.25, 0.3) is 0 Å². The number of halogens is 2. The second kappa shape index (κ2) is 7.90. The first kappa shape index (κ1) is 17.2. The predicted molar refractivity (Wildman–Crippen MR) is 92.0 cm³/mol. The van der Waals surface area contributed by atoms with Crippen LogP contribution in [0.25, 0.3) is 6.08 Å². The van der Waals surface area contributed by atoms with E-state index in [1.807, 2.05) is 12.1 Å². The topological polar surface area (TPSA) is 61.5 Å². The zero-order chi connectivity index (χ0) is 16.8. The van der Waals surface area contributed by atoms with E-state index in [1.54, 1.807) is 37.5 Å². The Kier molecular flexibility index (Phi) is 5.90. The summed E-state index contributed by atoms with van der Waals surface area (Å²) < 4.78 is 11.0. The van der Waals surface area contributed by atoms with Crippen molar-refractivity contribution in [3.8, 4) is 11.5 Å². The van der Waals surface area contributed by atoms with Gasteiger partial charge in [0, 0.05) is 11.6 Å². The fraction of sp³-hybridized carbons (Fsp3) is 0.118. The lowest BCUT2D eigenvalue weighted by Crippen LogP contribution is -2.05. The van der Waals surface area contributed by atoms with Crippen LogP contribution in [0.1, 0.15) is 11.1 Å². The molecule has 4 nitrogen and oxygen atoms in total. The van der Waals surface area contributed by atoms with Crippen molar-refractivity contribution in [2.24, 2.45) is 5.73 Å². The van der Waals surface area contributed by atoms with Crippen LogP contribution in [0, 0.1) is 0 Å². The molecule has 2 rings (SSSR count). The number of carbonyl (C=O) groups excluding carboxylic acids is 1. The van der Waals surface area contributed by atoms with E-state index in [2.05, 4.69) is 0 Å². The van der Waals surface area contributed by atoms with Gasteiger partial charge in [-0.05, 0) is 35.9 Å². The largest absolute Gasteiger partial charge is 0.496 e. The van der Waals surface area contributed by atoms with E-state index in [0.29, 0.717) is 21.5 Å². The number of rotatable bonds is 6. The highest BCUT2D eigenvalue weighted by Crippen LogP contribution is 2.33. The van der Waals surface area contributed by atoms with Gasteiger partial charge in [-0.1, -0.05) is 35.3 Å². The lowest BCUT2D eigenvalue weighted by molar-refractivity contribution is -0.113. The number of nitrogens with two attached hydrogens (primary N) is 1. The predicted octanol–water partition coefficient (Wildman–Crippen LogP) is 4.08. The lowest BCUT2D eigenvalue weighted by Gasteiger charge is -2.13. The third kappa shape index (κ3) is 4.65. The number of methoxy groups -OCH3 is 1. The van der Waals surface area contributed by atoms with Crippen LogP contribution in [0.5, 0.6) is 11.5 Å². The first-order chi connectivity index (χ1) is 11.0. The molecule has 2 N–H and O–H groups in total. The molecule has 6 heteroatoms. The summed E-state index contributed by atoms with van der Waals surface area (Å²) in [4.78, 5) is 10.8. The maximum Gasteiger partial charge on any atom is 0.241 e. The monoisotopic (exact) mass is 351 g/mol. The Morgan fingerprint density at radius 3 is 2.52 bits per heavy atom. The minimum atomic E-state index is -0.513. The third-order valence-electron chi connectivity index (χ3n) is 3.04. The Bertz CT molecular complexity index is 724. The number of carbonyl (C=O) groups is 1. The highest BCUT2D eigenvalue weighted by Gasteiger charge is 2.10. The summed E-state index contributed by atoms with van der Waals surface area (Å²) in [5, 5.41) is 0.863. The van der Waals surface area contributed by atoms with Gasteiger partial charge in [-0.3, -0.25) is 4.79 Å². The normalized spacial score (nSPS) is 10.7. The SMILES string of the molecule is COc1ccc(/C=C\C(N)=O)cc1COc1c(Cl)cccc1Cl. The van der Waals surface area contributed by atoms with E-state index < -0.39 is 5.91 Å². The maximum atomic E-state index is 10.8. The van der Waals surface area contributed by atoms with Gasteiger partial charge < -0.3 is 15.2 Å². The number of para-hydroxylation sites is 1. The van der Waals surface area contributed by atoms with E-state index in [9.17, 15) is 4.79 Å². The van der Waals surface area contributed by atoms with Crippen LogP contribution in [0.15, 0.2) is 42.5 Å². The molecular weight excluding hydrogens is 337 g/mol. The molecule has 120 valence electrons. The summed E-state index contributed by atoms with van der Waals surface area (Å²) in [5.74, 6) is 0.557. The molecule has 0 fully saturated rings. The molecule has 23 heavy (non-hydrogen) atoms. The van der Waals surface area contributed by atoms with E-state index in [-0.39, 0.29) is 6.61 Å². The molecule has 0 spiro atoms. The Morgan fingerprint density at radius 1 is 1.22 bits per heavy atom. The smallest absolute Gasteiger partial charge is 0.241 e. The number of hydrogen-bond acceptors (Lipinski definition) is 3. The molecule has 0 aliphatic rings. The van der Waals surface area contributed by atoms with E-state index in [0.717, 1.165) is 11.1 Å². The Balaban J connectivity index is 2.24. The summed E-state index contributed by atoms with van der Waals surface area (Å²) in [6.07, 6.45) is 2.91. The lowest BCUT2D eigenvalue weighted by atomic mass is 10.1. The van der Waals surface area contributed by atoms with Crippen LogP contribution in [0.4, 0.5) is 0 Å². The number of hydrogen-bond donors (Lipinski definition) is 1. The summed E-state index contributed by atoms with van der Waals surface area (Å²) in [6.45, 7) is 0.213. The van der Waals surface area contributed by atoms with Crippen LogP contribution < -0.4 is 15.2 Å². The quantitative estimate of drug-likeness (QED) is 0.797. The van der Waals surface area contributed by atoms with E-state index in [1.165, 1.54) is 6.08 Å². The zero-order valence-electron chi connectivity index (χ0n) is 12.4. The minimum absolute atomic E-state index is 0.213. The van der Waals surface area contributed by atoms with Crippen molar-refractivity contribution in [2.75, 3.05) is 7.11 Å². The first-order valence-corrected chi connectivity index (χ1v) is 7.48. The average molecular weight is 352 g/mol. The standard InChI is InChI=1S/C17H15Cl2NO3/c1-22-15-7-5-11(6-8-16(20)21)9-12(15)10-23-17-13(18)3-2-4-14(17)19/h2-9H,10H2,1H3,(H2,20,21)/b8-6-. The minimum Gasteiger partial charge on any atom is -0.496 e. The van der Waals surface area contributed by atoms with Crippen LogP contribution in [0.3, 0.4) is 0 Å². The molecule has 0 bridgehead atoms. The highest BCUT2D eigenvalue weighted by atomic mass is 35.5. The number of benzene rings is 2. The van der Waals surface area contributed by atoms with Gasteiger partial charge in [0.05, 0.1) is 17.2 Å². The van der Waals surface area contributed by atoms with Gasteiger partial charge in [0.2, 0.25) is 5.91 Å². The maximum absolute atomic E-state index is 10.8. The molecule has 2 aromatic rings. The summed E-state index contributed by atoms with van der Waals surface area (Å²) in [7, 11) is 1.57.